The maximum atomic E-state index is 11.7. The number of nitriles is 1. The van der Waals surface area contributed by atoms with E-state index in [1.165, 1.54) is 0 Å². The van der Waals surface area contributed by atoms with Crippen molar-refractivity contribution >= 4 is 10.2 Å². The lowest BCUT2D eigenvalue weighted by atomic mass is 10.1. The number of nitrogens with zero attached hydrogens (tertiary/aromatic N) is 1. The van der Waals surface area contributed by atoms with Crippen molar-refractivity contribution in [2.24, 2.45) is 5.92 Å². The molecule has 1 rings (SSSR count). The van der Waals surface area contributed by atoms with Crippen LogP contribution in [0, 0.1) is 17.2 Å². The molecule has 1 aromatic carbocycles. The maximum absolute atomic E-state index is 11.7. The zero-order valence-electron chi connectivity index (χ0n) is 10.4. The molecule has 2 N–H and O–H groups in total. The molecule has 0 spiro atoms. The van der Waals surface area contributed by atoms with Gasteiger partial charge in [0.1, 0.15) is 6.04 Å². The molecule has 5 nitrogen and oxygen atoms in total. The predicted octanol–water partition coefficient (Wildman–Crippen LogP) is 1.33. The van der Waals surface area contributed by atoms with Crippen molar-refractivity contribution < 1.29 is 8.42 Å². The fourth-order valence-electron chi connectivity index (χ4n) is 1.29. The van der Waals surface area contributed by atoms with Crippen molar-refractivity contribution in [2.45, 2.75) is 19.9 Å². The van der Waals surface area contributed by atoms with E-state index in [4.69, 9.17) is 5.26 Å². The molecule has 0 heterocycles. The van der Waals surface area contributed by atoms with Crippen LogP contribution in [0.15, 0.2) is 30.3 Å². The van der Waals surface area contributed by atoms with Crippen LogP contribution in [0.25, 0.3) is 0 Å². The first-order chi connectivity index (χ1) is 8.44. The molecular weight excluding hydrogens is 250 g/mol. The lowest BCUT2D eigenvalue weighted by Gasteiger charge is -2.14. The van der Waals surface area contributed by atoms with Crippen molar-refractivity contribution in [1.29, 1.82) is 5.26 Å². The van der Waals surface area contributed by atoms with Crippen LogP contribution in [0.5, 0.6) is 0 Å². The van der Waals surface area contributed by atoms with Crippen molar-refractivity contribution in [1.82, 2.24) is 9.44 Å². The van der Waals surface area contributed by atoms with Gasteiger partial charge in [0.05, 0.1) is 6.07 Å². The second-order valence-electron chi connectivity index (χ2n) is 4.34. The summed E-state index contributed by atoms with van der Waals surface area (Å²) < 4.78 is 28.1. The summed E-state index contributed by atoms with van der Waals surface area (Å²) in [5, 5.41) is 9.02. The Balaban J connectivity index is 2.73. The molecule has 0 amide bonds. The van der Waals surface area contributed by atoms with Gasteiger partial charge in [-0.2, -0.15) is 18.4 Å². The van der Waals surface area contributed by atoms with Crippen LogP contribution in [0.3, 0.4) is 0 Å². The van der Waals surface area contributed by atoms with Crippen molar-refractivity contribution in [3.8, 4) is 6.07 Å². The van der Waals surface area contributed by atoms with Gasteiger partial charge in [0.15, 0.2) is 0 Å². The maximum Gasteiger partial charge on any atom is 0.278 e. The number of rotatable bonds is 6. The Morgan fingerprint density at radius 2 is 1.89 bits per heavy atom. The standard InChI is InChI=1S/C12H17N3O2S/c1-10(2)9-14-18(16,17)15-12(8-13)11-6-4-3-5-7-11/h3-7,10,12,14-15H,9H2,1-2H3. The van der Waals surface area contributed by atoms with Gasteiger partial charge in [-0.3, -0.25) is 0 Å². The summed E-state index contributed by atoms with van der Waals surface area (Å²) in [6, 6.07) is 9.80. The van der Waals surface area contributed by atoms with Crippen LogP contribution in [0.2, 0.25) is 0 Å². The topological polar surface area (TPSA) is 82.0 Å². The molecule has 1 atom stereocenters. The third kappa shape index (κ3) is 4.84. The van der Waals surface area contributed by atoms with Gasteiger partial charge in [-0.25, -0.2) is 4.72 Å². The lowest BCUT2D eigenvalue weighted by Crippen LogP contribution is -2.40. The van der Waals surface area contributed by atoms with E-state index < -0.39 is 16.3 Å². The van der Waals surface area contributed by atoms with Gasteiger partial charge in [-0.15, -0.1) is 0 Å². The normalized spacial score (nSPS) is 13.2. The molecule has 0 radical (unpaired) electrons. The van der Waals surface area contributed by atoms with Crippen molar-refractivity contribution in [3.63, 3.8) is 0 Å². The summed E-state index contributed by atoms with van der Waals surface area (Å²) in [6.07, 6.45) is 0. The summed E-state index contributed by atoms with van der Waals surface area (Å²) >= 11 is 0. The fraction of sp³-hybridized carbons (Fsp3) is 0.417. The summed E-state index contributed by atoms with van der Waals surface area (Å²) in [7, 11) is -3.66. The van der Waals surface area contributed by atoms with E-state index in [1.807, 2.05) is 26.0 Å². The summed E-state index contributed by atoms with van der Waals surface area (Å²) in [5.41, 5.74) is 0.620. The van der Waals surface area contributed by atoms with Crippen molar-refractivity contribution in [3.05, 3.63) is 35.9 Å². The van der Waals surface area contributed by atoms with Crippen LogP contribution in [0.1, 0.15) is 25.5 Å². The third-order valence-electron chi connectivity index (χ3n) is 2.22. The number of hydrogen-bond acceptors (Lipinski definition) is 3. The molecular formula is C12H17N3O2S. The van der Waals surface area contributed by atoms with Crippen LogP contribution in [-0.4, -0.2) is 15.0 Å². The number of benzene rings is 1. The molecule has 0 bridgehead atoms. The Bertz CT molecular complexity index is 506. The average molecular weight is 267 g/mol. The quantitative estimate of drug-likeness (QED) is 0.815. The van der Waals surface area contributed by atoms with Gasteiger partial charge in [-0.1, -0.05) is 44.2 Å². The monoisotopic (exact) mass is 267 g/mol. The predicted molar refractivity (Wildman–Crippen MR) is 69.7 cm³/mol. The van der Waals surface area contributed by atoms with Crippen LogP contribution in [-0.2, 0) is 10.2 Å². The Hall–Kier alpha value is -1.42. The molecule has 18 heavy (non-hydrogen) atoms. The van der Waals surface area contributed by atoms with Gasteiger partial charge >= 0.3 is 0 Å². The van der Waals surface area contributed by atoms with E-state index in [0.717, 1.165) is 0 Å². The van der Waals surface area contributed by atoms with E-state index in [0.29, 0.717) is 12.1 Å². The highest BCUT2D eigenvalue weighted by atomic mass is 32.2. The average Bonchev–Trinajstić information content (AvgIpc) is 2.35. The van der Waals surface area contributed by atoms with Gasteiger partial charge in [0.2, 0.25) is 0 Å². The van der Waals surface area contributed by atoms with Gasteiger partial charge in [0, 0.05) is 6.54 Å². The first kappa shape index (κ1) is 14.6. The highest BCUT2D eigenvalue weighted by Crippen LogP contribution is 2.11. The minimum absolute atomic E-state index is 0.207. The Morgan fingerprint density at radius 1 is 1.28 bits per heavy atom. The zero-order chi connectivity index (χ0) is 13.6. The molecule has 1 unspecified atom stereocenters. The van der Waals surface area contributed by atoms with E-state index in [1.54, 1.807) is 24.3 Å². The molecule has 6 heteroatoms. The Kier molecular flexibility index (Phi) is 5.28. The SMILES string of the molecule is CC(C)CNS(=O)(=O)NC(C#N)c1ccccc1. The van der Waals surface area contributed by atoms with E-state index in [9.17, 15) is 8.42 Å². The zero-order valence-corrected chi connectivity index (χ0v) is 11.2. The van der Waals surface area contributed by atoms with Crippen LogP contribution in [0.4, 0.5) is 0 Å². The highest BCUT2D eigenvalue weighted by Gasteiger charge is 2.18. The minimum Gasteiger partial charge on any atom is -0.202 e. The van der Waals surface area contributed by atoms with Gasteiger partial charge < -0.3 is 0 Å². The first-order valence-electron chi connectivity index (χ1n) is 5.66. The first-order valence-corrected chi connectivity index (χ1v) is 7.14. The molecule has 0 aliphatic rings. The van der Waals surface area contributed by atoms with E-state index >= 15 is 0 Å². The molecule has 98 valence electrons. The second-order valence-corrected chi connectivity index (χ2v) is 5.87. The number of nitrogens with one attached hydrogen (secondary N) is 2. The molecule has 0 fully saturated rings. The summed E-state index contributed by atoms with van der Waals surface area (Å²) in [4.78, 5) is 0. The van der Waals surface area contributed by atoms with Crippen LogP contribution >= 0.6 is 0 Å². The van der Waals surface area contributed by atoms with Crippen molar-refractivity contribution in [2.75, 3.05) is 6.54 Å². The smallest absolute Gasteiger partial charge is 0.202 e. The lowest BCUT2D eigenvalue weighted by molar-refractivity contribution is 0.542. The molecule has 0 aliphatic carbocycles. The minimum atomic E-state index is -3.66. The fourth-order valence-corrected chi connectivity index (χ4v) is 2.42. The van der Waals surface area contributed by atoms with E-state index in [2.05, 4.69) is 9.44 Å². The summed E-state index contributed by atoms with van der Waals surface area (Å²) in [5.74, 6) is 0.207. The Labute approximate surface area is 108 Å². The molecule has 0 aromatic heterocycles. The van der Waals surface area contributed by atoms with Gasteiger partial charge in [0.25, 0.3) is 10.2 Å². The summed E-state index contributed by atoms with van der Waals surface area (Å²) in [6.45, 7) is 4.14. The largest absolute Gasteiger partial charge is 0.278 e. The molecule has 1 aromatic rings. The molecule has 0 saturated carbocycles. The molecule has 0 aliphatic heterocycles. The Morgan fingerprint density at radius 3 is 2.39 bits per heavy atom. The second kappa shape index (κ2) is 6.50. The number of hydrogen-bond donors (Lipinski definition) is 2. The van der Waals surface area contributed by atoms with Gasteiger partial charge in [-0.05, 0) is 11.5 Å². The molecule has 0 saturated heterocycles. The highest BCUT2D eigenvalue weighted by molar-refractivity contribution is 7.87. The third-order valence-corrected chi connectivity index (χ3v) is 3.31. The van der Waals surface area contributed by atoms with Crippen LogP contribution < -0.4 is 9.44 Å². The van der Waals surface area contributed by atoms with E-state index in [-0.39, 0.29) is 5.92 Å².